The van der Waals surface area contributed by atoms with Crippen LogP contribution in [-0.2, 0) is 13.5 Å². The summed E-state index contributed by atoms with van der Waals surface area (Å²) >= 11 is 1.46. The van der Waals surface area contributed by atoms with Gasteiger partial charge < -0.3 is 0 Å². The average Bonchev–Trinajstić information content (AvgIpc) is 2.74. The lowest BCUT2D eigenvalue weighted by atomic mass is 10.2. The van der Waals surface area contributed by atoms with E-state index in [-0.39, 0.29) is 11.9 Å². The van der Waals surface area contributed by atoms with E-state index in [2.05, 4.69) is 10.5 Å². The van der Waals surface area contributed by atoms with Crippen LogP contribution in [0.2, 0.25) is 0 Å². The average molecular weight is 294 g/mol. The number of thioether (sulfide) groups is 1. The van der Waals surface area contributed by atoms with Gasteiger partial charge in [0.05, 0.1) is 5.69 Å². The lowest BCUT2D eigenvalue weighted by Gasteiger charge is -2.15. The maximum absolute atomic E-state index is 13.6. The number of nitrogens with zero attached hydrogens (tertiary/aromatic N) is 2. The summed E-state index contributed by atoms with van der Waals surface area (Å²) in [6, 6.07) is 8.88. The van der Waals surface area contributed by atoms with Crippen LogP contribution in [0.1, 0.15) is 11.4 Å². The van der Waals surface area contributed by atoms with Gasteiger partial charge in [0, 0.05) is 35.9 Å². The smallest absolute Gasteiger partial charge is 0.136 e. The number of hydrogen-bond donors (Lipinski definition) is 2. The fourth-order valence-electron chi connectivity index (χ4n) is 2.03. The molecule has 108 valence electrons. The van der Waals surface area contributed by atoms with Crippen molar-refractivity contribution in [3.05, 3.63) is 47.5 Å². The SMILES string of the molecule is Cc1cc(CC(CSc2ccccc2F)NN)n(C)n1. The van der Waals surface area contributed by atoms with E-state index in [9.17, 15) is 4.39 Å². The summed E-state index contributed by atoms with van der Waals surface area (Å²) in [6.45, 7) is 1.96. The molecule has 1 heterocycles. The summed E-state index contributed by atoms with van der Waals surface area (Å²) in [4.78, 5) is 0.647. The number of aromatic nitrogens is 2. The Hall–Kier alpha value is -1.37. The van der Waals surface area contributed by atoms with Gasteiger partial charge in [0.2, 0.25) is 0 Å². The number of aryl methyl sites for hydroxylation is 2. The molecule has 0 saturated heterocycles. The van der Waals surface area contributed by atoms with E-state index in [1.807, 2.05) is 30.8 Å². The minimum Gasteiger partial charge on any atom is -0.272 e. The Bertz CT molecular complexity index is 570. The molecule has 20 heavy (non-hydrogen) atoms. The minimum absolute atomic E-state index is 0.0643. The Morgan fingerprint density at radius 2 is 2.20 bits per heavy atom. The number of hydrogen-bond acceptors (Lipinski definition) is 4. The zero-order valence-electron chi connectivity index (χ0n) is 11.6. The topological polar surface area (TPSA) is 55.9 Å². The zero-order valence-corrected chi connectivity index (χ0v) is 12.5. The third kappa shape index (κ3) is 3.82. The minimum atomic E-state index is -0.190. The first-order valence-corrected chi connectivity index (χ1v) is 7.41. The Morgan fingerprint density at radius 1 is 1.45 bits per heavy atom. The first-order valence-electron chi connectivity index (χ1n) is 6.43. The summed E-state index contributed by atoms with van der Waals surface area (Å²) in [5.74, 6) is 6.10. The van der Waals surface area contributed by atoms with Crippen LogP contribution in [0.15, 0.2) is 35.2 Å². The fraction of sp³-hybridized carbons (Fsp3) is 0.357. The maximum atomic E-state index is 13.6. The molecular weight excluding hydrogens is 275 g/mol. The molecule has 6 heteroatoms. The molecule has 1 aromatic heterocycles. The molecule has 2 rings (SSSR count). The molecule has 0 aliphatic heterocycles. The molecule has 0 amide bonds. The van der Waals surface area contributed by atoms with Crippen molar-refractivity contribution in [3.63, 3.8) is 0 Å². The van der Waals surface area contributed by atoms with Gasteiger partial charge in [-0.05, 0) is 25.1 Å². The van der Waals surface area contributed by atoms with E-state index in [0.29, 0.717) is 10.6 Å². The van der Waals surface area contributed by atoms with E-state index >= 15 is 0 Å². The summed E-state index contributed by atoms with van der Waals surface area (Å²) in [5.41, 5.74) is 4.89. The van der Waals surface area contributed by atoms with Gasteiger partial charge in [0.25, 0.3) is 0 Å². The van der Waals surface area contributed by atoms with Crippen LogP contribution in [0, 0.1) is 12.7 Å². The number of nitrogens with one attached hydrogen (secondary N) is 1. The third-order valence-corrected chi connectivity index (χ3v) is 4.28. The van der Waals surface area contributed by atoms with E-state index in [4.69, 9.17) is 5.84 Å². The van der Waals surface area contributed by atoms with Crippen LogP contribution in [0.3, 0.4) is 0 Å². The molecule has 0 aliphatic carbocycles. The summed E-state index contributed by atoms with van der Waals surface area (Å²) in [5, 5.41) is 4.31. The molecular formula is C14H19FN4S. The fourth-order valence-corrected chi connectivity index (χ4v) is 3.00. The van der Waals surface area contributed by atoms with Crippen molar-refractivity contribution < 1.29 is 4.39 Å². The van der Waals surface area contributed by atoms with Gasteiger partial charge in [-0.2, -0.15) is 5.10 Å². The van der Waals surface area contributed by atoms with Crippen molar-refractivity contribution in [3.8, 4) is 0 Å². The third-order valence-electron chi connectivity index (χ3n) is 3.07. The van der Waals surface area contributed by atoms with Gasteiger partial charge >= 0.3 is 0 Å². The largest absolute Gasteiger partial charge is 0.272 e. The van der Waals surface area contributed by atoms with E-state index in [1.165, 1.54) is 17.8 Å². The lowest BCUT2D eigenvalue weighted by Crippen LogP contribution is -2.39. The van der Waals surface area contributed by atoms with Crippen LogP contribution < -0.4 is 11.3 Å². The molecule has 0 spiro atoms. The highest BCUT2D eigenvalue weighted by Crippen LogP contribution is 2.22. The second-order valence-corrected chi connectivity index (χ2v) is 5.77. The van der Waals surface area contributed by atoms with E-state index < -0.39 is 0 Å². The second-order valence-electron chi connectivity index (χ2n) is 4.71. The molecule has 1 unspecified atom stereocenters. The van der Waals surface area contributed by atoms with Crippen molar-refractivity contribution in [1.82, 2.24) is 15.2 Å². The predicted octanol–water partition coefficient (Wildman–Crippen LogP) is 2.03. The highest BCUT2D eigenvalue weighted by atomic mass is 32.2. The quantitative estimate of drug-likeness (QED) is 0.486. The van der Waals surface area contributed by atoms with Crippen LogP contribution in [-0.4, -0.2) is 21.6 Å². The number of hydrazine groups is 1. The second kappa shape index (κ2) is 6.88. The molecule has 4 nitrogen and oxygen atoms in total. The van der Waals surface area contributed by atoms with Crippen LogP contribution in [0.4, 0.5) is 4.39 Å². The first kappa shape index (κ1) is 15.0. The van der Waals surface area contributed by atoms with Crippen molar-refractivity contribution in [2.45, 2.75) is 24.3 Å². The number of nitrogens with two attached hydrogens (primary N) is 1. The number of benzene rings is 1. The summed E-state index contributed by atoms with van der Waals surface area (Å²) < 4.78 is 15.4. The first-order chi connectivity index (χ1) is 9.60. The zero-order chi connectivity index (χ0) is 14.5. The molecule has 1 atom stereocenters. The standard InChI is InChI=1S/C14H19FN4S/c1-10-7-12(19(2)18-10)8-11(17-16)9-20-14-6-4-3-5-13(14)15/h3-7,11,17H,8-9,16H2,1-2H3. The highest BCUT2D eigenvalue weighted by molar-refractivity contribution is 7.99. The molecule has 0 saturated carbocycles. The van der Waals surface area contributed by atoms with E-state index in [1.54, 1.807) is 12.1 Å². The Balaban J connectivity index is 1.96. The number of rotatable bonds is 6. The van der Waals surface area contributed by atoms with Gasteiger partial charge in [0.1, 0.15) is 5.82 Å². The predicted molar refractivity (Wildman–Crippen MR) is 79.9 cm³/mol. The van der Waals surface area contributed by atoms with Crippen LogP contribution in [0.25, 0.3) is 0 Å². The van der Waals surface area contributed by atoms with Crippen molar-refractivity contribution in [2.75, 3.05) is 5.75 Å². The Morgan fingerprint density at radius 3 is 2.80 bits per heavy atom. The molecule has 0 bridgehead atoms. The molecule has 0 fully saturated rings. The molecule has 2 aromatic rings. The molecule has 3 N–H and O–H groups in total. The lowest BCUT2D eigenvalue weighted by molar-refractivity contribution is 0.550. The summed E-state index contributed by atoms with van der Waals surface area (Å²) in [6.07, 6.45) is 0.759. The van der Waals surface area contributed by atoms with Crippen LogP contribution >= 0.6 is 11.8 Å². The normalized spacial score (nSPS) is 12.6. The van der Waals surface area contributed by atoms with Gasteiger partial charge in [-0.1, -0.05) is 12.1 Å². The van der Waals surface area contributed by atoms with Gasteiger partial charge in [0.15, 0.2) is 0 Å². The number of halogens is 1. The Kier molecular flexibility index (Phi) is 5.17. The van der Waals surface area contributed by atoms with Gasteiger partial charge in [-0.15, -0.1) is 11.8 Å². The summed E-state index contributed by atoms with van der Waals surface area (Å²) in [7, 11) is 1.92. The van der Waals surface area contributed by atoms with Gasteiger partial charge in [-0.25, -0.2) is 4.39 Å². The van der Waals surface area contributed by atoms with Crippen molar-refractivity contribution >= 4 is 11.8 Å². The molecule has 0 aliphatic rings. The molecule has 0 radical (unpaired) electrons. The van der Waals surface area contributed by atoms with Crippen LogP contribution in [0.5, 0.6) is 0 Å². The van der Waals surface area contributed by atoms with Crippen molar-refractivity contribution in [1.29, 1.82) is 0 Å². The highest BCUT2D eigenvalue weighted by Gasteiger charge is 2.13. The van der Waals surface area contributed by atoms with Crippen molar-refractivity contribution in [2.24, 2.45) is 12.9 Å². The monoisotopic (exact) mass is 294 g/mol. The van der Waals surface area contributed by atoms with Gasteiger partial charge in [-0.3, -0.25) is 16.0 Å². The molecule has 1 aromatic carbocycles. The van der Waals surface area contributed by atoms with E-state index in [0.717, 1.165) is 17.8 Å². The Labute approximate surface area is 122 Å². The maximum Gasteiger partial charge on any atom is 0.136 e.